The number of nitrogens with zero attached hydrogens (tertiary/aromatic N) is 3. The molecular weight excluding hydrogens is 368 g/mol. The summed E-state index contributed by atoms with van der Waals surface area (Å²) in [7, 11) is -0.357. The summed E-state index contributed by atoms with van der Waals surface area (Å²) < 4.78 is 27.5. The van der Waals surface area contributed by atoms with Crippen LogP contribution in [-0.2, 0) is 14.8 Å². The van der Waals surface area contributed by atoms with Crippen molar-refractivity contribution in [3.8, 4) is 0 Å². The Labute approximate surface area is 160 Å². The number of nitrogens with one attached hydrogen (secondary N) is 1. The highest BCUT2D eigenvalue weighted by Gasteiger charge is 2.35. The highest BCUT2D eigenvalue weighted by atomic mass is 32.2. The van der Waals surface area contributed by atoms with E-state index < -0.39 is 10.0 Å². The van der Waals surface area contributed by atoms with Crippen LogP contribution in [0.25, 0.3) is 0 Å². The molecule has 148 valence electrons. The minimum absolute atomic E-state index is 0.0250. The zero-order valence-electron chi connectivity index (χ0n) is 15.7. The van der Waals surface area contributed by atoms with Gasteiger partial charge in [0.05, 0.1) is 11.4 Å². The number of hydrogen-bond acceptors (Lipinski definition) is 5. The molecule has 2 aliphatic rings. The van der Waals surface area contributed by atoms with Gasteiger partial charge in [0.15, 0.2) is 0 Å². The van der Waals surface area contributed by atoms with Crippen molar-refractivity contribution in [2.24, 2.45) is 0 Å². The van der Waals surface area contributed by atoms with Crippen molar-refractivity contribution in [1.29, 1.82) is 0 Å². The number of piperazine rings is 1. The summed E-state index contributed by atoms with van der Waals surface area (Å²) in [6.45, 7) is 2.41. The molecule has 2 amide bonds. The van der Waals surface area contributed by atoms with Gasteiger partial charge in [-0.1, -0.05) is 0 Å². The molecule has 0 aliphatic carbocycles. The predicted octanol–water partition coefficient (Wildman–Crippen LogP) is -0.0267. The molecule has 3 rings (SSSR count). The zero-order valence-corrected chi connectivity index (χ0v) is 16.5. The maximum Gasteiger partial charge on any atom is 0.253 e. The first kappa shape index (κ1) is 19.8. The standard InChI is InChI=1S/C18H26N4O4S/c1-20(2)18(24)14-5-7-16(8-6-14)27(25,26)21-10-3-4-15(13-21)22-11-9-19-12-17(22)23/h5-8,15,19H,3-4,9-13H2,1-2H3. The molecule has 8 nitrogen and oxygen atoms in total. The van der Waals surface area contributed by atoms with Crippen LogP contribution in [0.4, 0.5) is 0 Å². The Bertz CT molecular complexity index is 807. The first-order valence-electron chi connectivity index (χ1n) is 9.13. The Kier molecular flexibility index (Phi) is 5.83. The average molecular weight is 394 g/mol. The van der Waals surface area contributed by atoms with E-state index in [0.29, 0.717) is 31.7 Å². The summed E-state index contributed by atoms with van der Waals surface area (Å²) in [4.78, 5) is 27.5. The van der Waals surface area contributed by atoms with Gasteiger partial charge in [-0.25, -0.2) is 8.42 Å². The van der Waals surface area contributed by atoms with Crippen LogP contribution in [0.5, 0.6) is 0 Å². The largest absolute Gasteiger partial charge is 0.345 e. The molecule has 1 aromatic rings. The van der Waals surface area contributed by atoms with Gasteiger partial charge >= 0.3 is 0 Å². The first-order chi connectivity index (χ1) is 12.8. The van der Waals surface area contributed by atoms with E-state index in [2.05, 4.69) is 5.32 Å². The quantitative estimate of drug-likeness (QED) is 0.775. The number of amides is 2. The predicted molar refractivity (Wildman–Crippen MR) is 101 cm³/mol. The molecule has 27 heavy (non-hydrogen) atoms. The molecule has 2 aliphatic heterocycles. The minimum atomic E-state index is -3.66. The average Bonchev–Trinajstić information content (AvgIpc) is 2.68. The Morgan fingerprint density at radius 1 is 1.19 bits per heavy atom. The van der Waals surface area contributed by atoms with E-state index >= 15 is 0 Å². The van der Waals surface area contributed by atoms with Crippen LogP contribution >= 0.6 is 0 Å². The number of hydrogen-bond donors (Lipinski definition) is 1. The molecule has 1 N–H and O–H groups in total. The van der Waals surface area contributed by atoms with Crippen LogP contribution in [0.1, 0.15) is 23.2 Å². The van der Waals surface area contributed by atoms with E-state index in [1.165, 1.54) is 33.5 Å². The highest BCUT2D eigenvalue weighted by Crippen LogP contribution is 2.24. The van der Waals surface area contributed by atoms with Gasteiger partial charge in [0.1, 0.15) is 0 Å². The molecule has 1 atom stereocenters. The van der Waals surface area contributed by atoms with Gasteiger partial charge in [-0.15, -0.1) is 0 Å². The molecule has 2 fully saturated rings. The summed E-state index contributed by atoms with van der Waals surface area (Å²) in [5.41, 5.74) is 0.446. The summed E-state index contributed by atoms with van der Waals surface area (Å²) in [5.74, 6) is -0.147. The number of carbonyl (C=O) groups is 2. The normalized spacial score (nSPS) is 21.9. The van der Waals surface area contributed by atoms with Gasteiger partial charge in [0.2, 0.25) is 15.9 Å². The van der Waals surface area contributed by atoms with E-state index in [9.17, 15) is 18.0 Å². The summed E-state index contributed by atoms with van der Waals surface area (Å²) in [5, 5.41) is 3.04. The fraction of sp³-hybridized carbons (Fsp3) is 0.556. The fourth-order valence-corrected chi connectivity index (χ4v) is 5.09. The van der Waals surface area contributed by atoms with E-state index in [0.717, 1.165) is 19.4 Å². The molecule has 0 bridgehead atoms. The van der Waals surface area contributed by atoms with Crippen molar-refractivity contribution in [2.45, 2.75) is 23.8 Å². The first-order valence-corrected chi connectivity index (χ1v) is 10.6. The van der Waals surface area contributed by atoms with Crippen LogP contribution < -0.4 is 5.32 Å². The second-order valence-corrected chi connectivity index (χ2v) is 9.08. The molecule has 2 saturated heterocycles. The van der Waals surface area contributed by atoms with Crippen LogP contribution in [0.2, 0.25) is 0 Å². The SMILES string of the molecule is CN(C)C(=O)c1ccc(S(=O)(=O)N2CCCC(N3CCNCC3=O)C2)cc1. The lowest BCUT2D eigenvalue weighted by molar-refractivity contribution is -0.135. The Hall–Kier alpha value is -1.97. The molecule has 1 aromatic carbocycles. The van der Waals surface area contributed by atoms with Crippen LogP contribution in [-0.4, -0.2) is 87.2 Å². The number of carbonyl (C=O) groups excluding carboxylic acids is 2. The number of benzene rings is 1. The number of rotatable bonds is 4. The summed E-state index contributed by atoms with van der Waals surface area (Å²) in [6.07, 6.45) is 1.53. The smallest absolute Gasteiger partial charge is 0.253 e. The Morgan fingerprint density at radius 2 is 1.89 bits per heavy atom. The maximum absolute atomic E-state index is 13.0. The lowest BCUT2D eigenvalue weighted by Gasteiger charge is -2.40. The van der Waals surface area contributed by atoms with Crippen molar-refractivity contribution in [1.82, 2.24) is 19.4 Å². The van der Waals surface area contributed by atoms with E-state index in [-0.39, 0.29) is 22.8 Å². The van der Waals surface area contributed by atoms with Crippen molar-refractivity contribution in [3.63, 3.8) is 0 Å². The van der Waals surface area contributed by atoms with E-state index in [1.54, 1.807) is 19.0 Å². The van der Waals surface area contributed by atoms with E-state index in [4.69, 9.17) is 0 Å². The maximum atomic E-state index is 13.0. The van der Waals surface area contributed by atoms with Crippen LogP contribution in [0.3, 0.4) is 0 Å². The topological polar surface area (TPSA) is 90.0 Å². The number of sulfonamides is 1. The minimum Gasteiger partial charge on any atom is -0.345 e. The van der Waals surface area contributed by atoms with Gasteiger partial charge in [0.25, 0.3) is 5.91 Å². The molecule has 0 radical (unpaired) electrons. The Morgan fingerprint density at radius 3 is 2.52 bits per heavy atom. The molecular formula is C18H26N4O4S. The Balaban J connectivity index is 1.76. The van der Waals surface area contributed by atoms with E-state index in [1.807, 2.05) is 0 Å². The molecule has 9 heteroatoms. The number of piperidine rings is 1. The molecule has 0 aromatic heterocycles. The zero-order chi connectivity index (χ0) is 19.6. The third-order valence-corrected chi connectivity index (χ3v) is 6.95. The fourth-order valence-electron chi connectivity index (χ4n) is 3.58. The summed E-state index contributed by atoms with van der Waals surface area (Å²) in [6, 6.07) is 5.95. The lowest BCUT2D eigenvalue weighted by Crippen LogP contribution is -2.57. The van der Waals surface area contributed by atoms with Crippen molar-refractivity contribution >= 4 is 21.8 Å². The third-order valence-electron chi connectivity index (χ3n) is 5.07. The van der Waals surface area contributed by atoms with Crippen molar-refractivity contribution in [3.05, 3.63) is 29.8 Å². The second-order valence-electron chi connectivity index (χ2n) is 7.15. The van der Waals surface area contributed by atoms with Gasteiger partial charge in [-0.2, -0.15) is 4.31 Å². The third kappa shape index (κ3) is 4.15. The van der Waals surface area contributed by atoms with Crippen molar-refractivity contribution in [2.75, 3.05) is 46.8 Å². The van der Waals surface area contributed by atoms with Gasteiger partial charge in [-0.05, 0) is 37.1 Å². The van der Waals surface area contributed by atoms with Gasteiger partial charge in [-0.3, -0.25) is 9.59 Å². The lowest BCUT2D eigenvalue weighted by atomic mass is 10.1. The van der Waals surface area contributed by atoms with Crippen molar-refractivity contribution < 1.29 is 18.0 Å². The second kappa shape index (κ2) is 7.95. The molecule has 0 spiro atoms. The monoisotopic (exact) mass is 394 g/mol. The molecule has 1 unspecified atom stereocenters. The van der Waals surface area contributed by atoms with Crippen LogP contribution in [0, 0.1) is 0 Å². The highest BCUT2D eigenvalue weighted by molar-refractivity contribution is 7.89. The molecule has 2 heterocycles. The molecule has 0 saturated carbocycles. The van der Waals surface area contributed by atoms with Gasteiger partial charge < -0.3 is 15.1 Å². The summed E-state index contributed by atoms with van der Waals surface area (Å²) >= 11 is 0. The van der Waals surface area contributed by atoms with Crippen LogP contribution in [0.15, 0.2) is 29.2 Å². The van der Waals surface area contributed by atoms with Gasteiger partial charge in [0, 0.05) is 51.9 Å².